The SMILES string of the molecule is C#CC[C@H](NC)C(C)=O. The maximum atomic E-state index is 10.6. The van der Waals surface area contributed by atoms with Gasteiger partial charge in [-0.05, 0) is 14.0 Å². The Balaban J connectivity index is 3.71. The second kappa shape index (κ2) is 4.11. The maximum absolute atomic E-state index is 10.6. The number of ketones is 1. The molecule has 0 saturated carbocycles. The van der Waals surface area contributed by atoms with Gasteiger partial charge in [-0.3, -0.25) is 4.79 Å². The minimum Gasteiger partial charge on any atom is -0.310 e. The summed E-state index contributed by atoms with van der Waals surface area (Å²) in [5.41, 5.74) is 0. The van der Waals surface area contributed by atoms with Gasteiger partial charge >= 0.3 is 0 Å². The van der Waals surface area contributed by atoms with E-state index in [9.17, 15) is 4.79 Å². The fraction of sp³-hybridized carbons (Fsp3) is 0.571. The molecule has 0 bridgehead atoms. The van der Waals surface area contributed by atoms with Crippen molar-refractivity contribution in [2.75, 3.05) is 7.05 Å². The van der Waals surface area contributed by atoms with Crippen LogP contribution in [-0.2, 0) is 4.79 Å². The molecule has 0 spiro atoms. The molecule has 0 aromatic rings. The minimum atomic E-state index is -0.157. The van der Waals surface area contributed by atoms with Crippen LogP contribution in [0, 0.1) is 12.3 Å². The summed E-state index contributed by atoms with van der Waals surface area (Å²) >= 11 is 0. The Hall–Kier alpha value is -0.810. The van der Waals surface area contributed by atoms with E-state index in [-0.39, 0.29) is 11.8 Å². The highest BCUT2D eigenvalue weighted by Crippen LogP contribution is 1.89. The highest BCUT2D eigenvalue weighted by Gasteiger charge is 2.07. The third-order valence-corrected chi connectivity index (χ3v) is 1.16. The molecule has 0 fully saturated rings. The van der Waals surface area contributed by atoms with Gasteiger partial charge in [-0.15, -0.1) is 12.3 Å². The lowest BCUT2D eigenvalue weighted by Crippen LogP contribution is -2.31. The molecule has 0 aromatic heterocycles. The molecular formula is C7H11NO. The summed E-state index contributed by atoms with van der Waals surface area (Å²) in [5.74, 6) is 2.51. The molecule has 0 aliphatic heterocycles. The van der Waals surface area contributed by atoms with E-state index in [1.54, 1.807) is 7.05 Å². The van der Waals surface area contributed by atoms with Crippen molar-refractivity contribution in [1.82, 2.24) is 5.32 Å². The van der Waals surface area contributed by atoms with Crippen LogP contribution in [0.2, 0.25) is 0 Å². The van der Waals surface area contributed by atoms with Crippen LogP contribution < -0.4 is 5.32 Å². The van der Waals surface area contributed by atoms with Crippen LogP contribution in [0.3, 0.4) is 0 Å². The Morgan fingerprint density at radius 1 is 1.89 bits per heavy atom. The summed E-state index contributed by atoms with van der Waals surface area (Å²) in [4.78, 5) is 10.6. The van der Waals surface area contributed by atoms with Gasteiger partial charge in [0.2, 0.25) is 0 Å². The van der Waals surface area contributed by atoms with Crippen LogP contribution in [0.5, 0.6) is 0 Å². The molecule has 0 radical (unpaired) electrons. The van der Waals surface area contributed by atoms with Gasteiger partial charge in [0.15, 0.2) is 0 Å². The number of terminal acetylenes is 1. The number of Topliss-reactive ketones (excluding diaryl/α,β-unsaturated/α-hetero) is 1. The molecule has 0 amide bonds. The predicted molar refractivity (Wildman–Crippen MR) is 37.0 cm³/mol. The normalized spacial score (nSPS) is 12.1. The number of carbonyl (C=O) groups excluding carboxylic acids is 1. The van der Waals surface area contributed by atoms with Crippen LogP contribution in [0.25, 0.3) is 0 Å². The number of nitrogens with one attached hydrogen (secondary N) is 1. The van der Waals surface area contributed by atoms with E-state index < -0.39 is 0 Å². The van der Waals surface area contributed by atoms with Crippen LogP contribution in [0.1, 0.15) is 13.3 Å². The van der Waals surface area contributed by atoms with Crippen molar-refractivity contribution in [3.63, 3.8) is 0 Å². The molecular weight excluding hydrogens is 114 g/mol. The largest absolute Gasteiger partial charge is 0.310 e. The van der Waals surface area contributed by atoms with Crippen molar-refractivity contribution < 1.29 is 4.79 Å². The van der Waals surface area contributed by atoms with Crippen LogP contribution >= 0.6 is 0 Å². The lowest BCUT2D eigenvalue weighted by atomic mass is 10.1. The third kappa shape index (κ3) is 2.89. The van der Waals surface area contributed by atoms with Gasteiger partial charge in [0.05, 0.1) is 6.04 Å². The molecule has 1 atom stereocenters. The maximum Gasteiger partial charge on any atom is 0.147 e. The number of carbonyl (C=O) groups is 1. The van der Waals surface area contributed by atoms with Gasteiger partial charge in [-0.2, -0.15) is 0 Å². The molecule has 0 saturated heterocycles. The summed E-state index contributed by atoms with van der Waals surface area (Å²) < 4.78 is 0. The van der Waals surface area contributed by atoms with Crippen molar-refractivity contribution in [2.45, 2.75) is 19.4 Å². The van der Waals surface area contributed by atoms with Crippen LogP contribution in [0.4, 0.5) is 0 Å². The first-order valence-corrected chi connectivity index (χ1v) is 2.83. The number of likely N-dealkylation sites (N-methyl/N-ethyl adjacent to an activating group) is 1. The van der Waals surface area contributed by atoms with Crippen molar-refractivity contribution >= 4 is 5.78 Å². The Bertz CT molecular complexity index is 134. The summed E-state index contributed by atoms with van der Waals surface area (Å²) in [5, 5.41) is 2.81. The molecule has 0 aromatic carbocycles. The zero-order valence-electron chi connectivity index (χ0n) is 5.77. The van der Waals surface area contributed by atoms with E-state index >= 15 is 0 Å². The van der Waals surface area contributed by atoms with Crippen LogP contribution in [0.15, 0.2) is 0 Å². The molecule has 0 rings (SSSR count). The smallest absolute Gasteiger partial charge is 0.147 e. The van der Waals surface area contributed by atoms with Gasteiger partial charge < -0.3 is 5.32 Å². The van der Waals surface area contributed by atoms with E-state index in [0.29, 0.717) is 6.42 Å². The number of rotatable bonds is 3. The summed E-state index contributed by atoms with van der Waals surface area (Å²) in [6.07, 6.45) is 5.48. The highest BCUT2D eigenvalue weighted by atomic mass is 16.1. The Morgan fingerprint density at radius 2 is 2.44 bits per heavy atom. The monoisotopic (exact) mass is 125 g/mol. The van der Waals surface area contributed by atoms with Gasteiger partial charge in [0.25, 0.3) is 0 Å². The molecule has 0 heterocycles. The number of hydrogen-bond donors (Lipinski definition) is 1. The molecule has 0 aliphatic carbocycles. The van der Waals surface area contributed by atoms with Gasteiger partial charge in [-0.25, -0.2) is 0 Å². The molecule has 0 unspecified atom stereocenters. The van der Waals surface area contributed by atoms with Gasteiger partial charge in [0, 0.05) is 6.42 Å². The molecule has 1 N–H and O–H groups in total. The topological polar surface area (TPSA) is 29.1 Å². The summed E-state index contributed by atoms with van der Waals surface area (Å²) in [7, 11) is 1.73. The second-order valence-electron chi connectivity index (χ2n) is 1.86. The second-order valence-corrected chi connectivity index (χ2v) is 1.86. The zero-order chi connectivity index (χ0) is 7.28. The molecule has 50 valence electrons. The average Bonchev–Trinajstić information content (AvgIpc) is 1.82. The average molecular weight is 125 g/mol. The molecule has 2 nitrogen and oxygen atoms in total. The first kappa shape index (κ1) is 8.19. The fourth-order valence-electron chi connectivity index (χ4n) is 0.567. The summed E-state index contributed by atoms with van der Waals surface area (Å²) in [6.45, 7) is 1.53. The van der Waals surface area contributed by atoms with Crippen molar-refractivity contribution in [1.29, 1.82) is 0 Å². The minimum absolute atomic E-state index is 0.0930. The van der Waals surface area contributed by atoms with Crippen molar-refractivity contribution in [2.24, 2.45) is 0 Å². The fourth-order valence-corrected chi connectivity index (χ4v) is 0.567. The van der Waals surface area contributed by atoms with E-state index in [1.165, 1.54) is 6.92 Å². The van der Waals surface area contributed by atoms with E-state index in [4.69, 9.17) is 6.42 Å². The third-order valence-electron chi connectivity index (χ3n) is 1.16. The lowest BCUT2D eigenvalue weighted by Gasteiger charge is -2.06. The first-order chi connectivity index (χ1) is 4.22. The highest BCUT2D eigenvalue weighted by molar-refractivity contribution is 5.81. The quantitative estimate of drug-likeness (QED) is 0.545. The number of hydrogen-bond acceptors (Lipinski definition) is 2. The lowest BCUT2D eigenvalue weighted by molar-refractivity contribution is -0.118. The summed E-state index contributed by atoms with van der Waals surface area (Å²) in [6, 6.07) is -0.157. The Kier molecular flexibility index (Phi) is 3.74. The predicted octanol–water partition coefficient (Wildman–Crippen LogP) is 0.187. The Labute approximate surface area is 55.6 Å². The van der Waals surface area contributed by atoms with Crippen molar-refractivity contribution in [3.05, 3.63) is 0 Å². The zero-order valence-corrected chi connectivity index (χ0v) is 5.77. The van der Waals surface area contributed by atoms with Crippen molar-refractivity contribution in [3.8, 4) is 12.3 Å². The van der Waals surface area contributed by atoms with E-state index in [1.807, 2.05) is 0 Å². The van der Waals surface area contributed by atoms with Crippen LogP contribution in [-0.4, -0.2) is 18.9 Å². The standard InChI is InChI=1S/C7H11NO/c1-4-5-7(8-3)6(2)9/h1,7-8H,5H2,2-3H3/t7-/m0/s1. The van der Waals surface area contributed by atoms with E-state index in [0.717, 1.165) is 0 Å². The van der Waals surface area contributed by atoms with E-state index in [2.05, 4.69) is 11.2 Å². The molecule has 0 aliphatic rings. The molecule has 2 heteroatoms. The Morgan fingerprint density at radius 3 is 2.56 bits per heavy atom. The first-order valence-electron chi connectivity index (χ1n) is 2.83. The van der Waals surface area contributed by atoms with Gasteiger partial charge in [0.1, 0.15) is 5.78 Å². The van der Waals surface area contributed by atoms with Gasteiger partial charge in [-0.1, -0.05) is 0 Å². The molecule has 9 heavy (non-hydrogen) atoms.